The van der Waals surface area contributed by atoms with Crippen LogP contribution in [0, 0.1) is 0 Å². The molecule has 1 atom stereocenters. The molecule has 24 heavy (non-hydrogen) atoms. The number of hydrogen-bond donors (Lipinski definition) is 0. The molecule has 0 aliphatic carbocycles. The standard InChI is InChI=1S/C20H17NO2S/c1-23-20(22)17-12-16-13-24-19(15-10-6-3-7-11-15)21(16)18(17)14-8-4-2-5-9-14/h2-12,19H,13H2,1H3/t19-/m1/s1. The number of nitrogens with zero attached hydrogens (tertiary/aromatic N) is 1. The lowest BCUT2D eigenvalue weighted by Crippen LogP contribution is -2.08. The molecule has 0 spiro atoms. The Bertz CT molecular complexity index is 871. The van der Waals surface area contributed by atoms with Gasteiger partial charge in [0, 0.05) is 11.4 Å². The average molecular weight is 335 g/mol. The molecular formula is C20H17NO2S. The average Bonchev–Trinajstić information content (AvgIpc) is 3.21. The van der Waals surface area contributed by atoms with E-state index in [1.54, 1.807) is 0 Å². The molecule has 1 aliphatic rings. The maximum atomic E-state index is 12.3. The number of methoxy groups -OCH3 is 1. The summed E-state index contributed by atoms with van der Waals surface area (Å²) in [6.07, 6.45) is 0. The predicted molar refractivity (Wildman–Crippen MR) is 97.1 cm³/mol. The lowest BCUT2D eigenvalue weighted by molar-refractivity contribution is 0.0601. The zero-order chi connectivity index (χ0) is 16.5. The normalized spacial score (nSPS) is 16.0. The largest absolute Gasteiger partial charge is 0.465 e. The molecular weight excluding hydrogens is 318 g/mol. The molecule has 0 saturated heterocycles. The van der Waals surface area contributed by atoms with E-state index in [0.29, 0.717) is 5.56 Å². The van der Waals surface area contributed by atoms with Crippen LogP contribution in [0.25, 0.3) is 11.3 Å². The Morgan fingerprint density at radius 1 is 1.08 bits per heavy atom. The molecule has 0 saturated carbocycles. The van der Waals surface area contributed by atoms with Crippen LogP contribution in [0.3, 0.4) is 0 Å². The van der Waals surface area contributed by atoms with Gasteiger partial charge in [-0.05, 0) is 17.2 Å². The fraction of sp³-hybridized carbons (Fsp3) is 0.150. The van der Waals surface area contributed by atoms with Crippen LogP contribution in [0.2, 0.25) is 0 Å². The number of esters is 1. The number of carbonyl (C=O) groups is 1. The highest BCUT2D eigenvalue weighted by atomic mass is 32.2. The van der Waals surface area contributed by atoms with Gasteiger partial charge in [-0.3, -0.25) is 0 Å². The van der Waals surface area contributed by atoms with Crippen LogP contribution in [-0.4, -0.2) is 17.6 Å². The van der Waals surface area contributed by atoms with Crippen LogP contribution in [0.15, 0.2) is 66.7 Å². The Morgan fingerprint density at radius 3 is 2.42 bits per heavy atom. The van der Waals surface area contributed by atoms with Gasteiger partial charge in [0.05, 0.1) is 18.4 Å². The Morgan fingerprint density at radius 2 is 1.75 bits per heavy atom. The summed E-state index contributed by atoms with van der Waals surface area (Å²) in [4.78, 5) is 12.3. The predicted octanol–water partition coefficient (Wildman–Crippen LogP) is 4.74. The Kier molecular flexibility index (Phi) is 3.90. The van der Waals surface area contributed by atoms with Gasteiger partial charge >= 0.3 is 5.97 Å². The summed E-state index contributed by atoms with van der Waals surface area (Å²) in [5.74, 6) is 0.601. The molecule has 1 aromatic heterocycles. The summed E-state index contributed by atoms with van der Waals surface area (Å²) in [5.41, 5.74) is 5.02. The van der Waals surface area contributed by atoms with Crippen molar-refractivity contribution in [1.82, 2.24) is 4.57 Å². The van der Waals surface area contributed by atoms with E-state index in [4.69, 9.17) is 4.74 Å². The number of thioether (sulfide) groups is 1. The SMILES string of the molecule is COC(=O)c1cc2n(c1-c1ccccc1)[C@@H](c1ccccc1)SC2. The lowest BCUT2D eigenvalue weighted by Gasteiger charge is -2.18. The van der Waals surface area contributed by atoms with Crippen LogP contribution < -0.4 is 0 Å². The molecule has 120 valence electrons. The molecule has 0 fully saturated rings. The van der Waals surface area contributed by atoms with Crippen molar-refractivity contribution in [2.75, 3.05) is 7.11 Å². The lowest BCUT2D eigenvalue weighted by atomic mass is 10.1. The van der Waals surface area contributed by atoms with Crippen molar-refractivity contribution < 1.29 is 9.53 Å². The van der Waals surface area contributed by atoms with E-state index in [1.165, 1.54) is 12.7 Å². The minimum Gasteiger partial charge on any atom is -0.465 e. The van der Waals surface area contributed by atoms with Crippen molar-refractivity contribution in [2.24, 2.45) is 0 Å². The third-order valence-corrected chi connectivity index (χ3v) is 5.54. The molecule has 3 aromatic rings. The highest BCUT2D eigenvalue weighted by Crippen LogP contribution is 2.46. The minimum atomic E-state index is -0.285. The van der Waals surface area contributed by atoms with Gasteiger partial charge in [-0.1, -0.05) is 60.7 Å². The van der Waals surface area contributed by atoms with Crippen molar-refractivity contribution >= 4 is 17.7 Å². The molecule has 0 radical (unpaired) electrons. The second kappa shape index (κ2) is 6.21. The number of benzene rings is 2. The first-order valence-corrected chi connectivity index (χ1v) is 8.89. The molecule has 3 nitrogen and oxygen atoms in total. The summed E-state index contributed by atoms with van der Waals surface area (Å²) in [6.45, 7) is 0. The van der Waals surface area contributed by atoms with Gasteiger partial charge in [-0.25, -0.2) is 4.79 Å². The number of fused-ring (bicyclic) bond motifs is 1. The third kappa shape index (κ3) is 2.43. The fourth-order valence-corrected chi connectivity index (χ4v) is 4.51. The van der Waals surface area contributed by atoms with Crippen molar-refractivity contribution in [3.8, 4) is 11.3 Å². The third-order valence-electron chi connectivity index (χ3n) is 4.28. The minimum absolute atomic E-state index is 0.176. The first-order valence-electron chi connectivity index (χ1n) is 7.84. The zero-order valence-corrected chi connectivity index (χ0v) is 14.1. The van der Waals surface area contributed by atoms with Gasteiger partial charge in [0.1, 0.15) is 5.37 Å². The van der Waals surface area contributed by atoms with E-state index < -0.39 is 0 Å². The van der Waals surface area contributed by atoms with E-state index in [1.807, 2.05) is 54.2 Å². The smallest absolute Gasteiger partial charge is 0.340 e. The summed E-state index contributed by atoms with van der Waals surface area (Å²) in [7, 11) is 1.43. The molecule has 0 N–H and O–H groups in total. The van der Waals surface area contributed by atoms with Gasteiger partial charge < -0.3 is 9.30 Å². The molecule has 1 aliphatic heterocycles. The molecule has 0 unspecified atom stereocenters. The maximum Gasteiger partial charge on any atom is 0.340 e. The van der Waals surface area contributed by atoms with Gasteiger partial charge in [0.25, 0.3) is 0 Å². The van der Waals surface area contributed by atoms with Gasteiger partial charge in [-0.2, -0.15) is 0 Å². The number of ether oxygens (including phenoxy) is 1. The highest BCUT2D eigenvalue weighted by molar-refractivity contribution is 7.99. The van der Waals surface area contributed by atoms with Crippen molar-refractivity contribution in [1.29, 1.82) is 0 Å². The summed E-state index contributed by atoms with van der Waals surface area (Å²) in [6, 6.07) is 22.5. The quantitative estimate of drug-likeness (QED) is 0.648. The second-order valence-electron chi connectivity index (χ2n) is 5.70. The number of hydrogen-bond acceptors (Lipinski definition) is 3. The maximum absolute atomic E-state index is 12.3. The Balaban J connectivity index is 1.92. The van der Waals surface area contributed by atoms with Gasteiger partial charge in [-0.15, -0.1) is 11.8 Å². The number of rotatable bonds is 3. The van der Waals surface area contributed by atoms with Crippen LogP contribution in [0.5, 0.6) is 0 Å². The summed E-state index contributed by atoms with van der Waals surface area (Å²) in [5, 5.41) is 0.176. The van der Waals surface area contributed by atoms with Crippen molar-refractivity contribution in [3.63, 3.8) is 0 Å². The van der Waals surface area contributed by atoms with E-state index in [2.05, 4.69) is 28.8 Å². The van der Waals surface area contributed by atoms with E-state index >= 15 is 0 Å². The van der Waals surface area contributed by atoms with Crippen LogP contribution in [0.1, 0.15) is 27.0 Å². The second-order valence-corrected chi connectivity index (χ2v) is 6.77. The van der Waals surface area contributed by atoms with Crippen molar-refractivity contribution in [2.45, 2.75) is 11.1 Å². The summed E-state index contributed by atoms with van der Waals surface area (Å²) < 4.78 is 7.30. The van der Waals surface area contributed by atoms with Crippen LogP contribution >= 0.6 is 11.8 Å². The van der Waals surface area contributed by atoms with E-state index in [0.717, 1.165) is 22.7 Å². The topological polar surface area (TPSA) is 31.2 Å². The van der Waals surface area contributed by atoms with Gasteiger partial charge in [0.2, 0.25) is 0 Å². The molecule has 2 aromatic carbocycles. The molecule has 0 amide bonds. The monoisotopic (exact) mass is 335 g/mol. The number of aromatic nitrogens is 1. The van der Waals surface area contributed by atoms with Crippen molar-refractivity contribution in [3.05, 3.63) is 83.6 Å². The molecule has 4 rings (SSSR count). The highest BCUT2D eigenvalue weighted by Gasteiger charge is 2.31. The molecule has 2 heterocycles. The number of carbonyl (C=O) groups excluding carboxylic acids is 1. The fourth-order valence-electron chi connectivity index (χ4n) is 3.21. The Hall–Kier alpha value is -2.46. The first kappa shape index (κ1) is 15.1. The molecule has 0 bridgehead atoms. The van der Waals surface area contributed by atoms with E-state index in [9.17, 15) is 4.79 Å². The zero-order valence-electron chi connectivity index (χ0n) is 13.3. The Labute approximate surface area is 145 Å². The van der Waals surface area contributed by atoms with Crippen LogP contribution in [-0.2, 0) is 10.5 Å². The van der Waals surface area contributed by atoms with Gasteiger partial charge in [0.15, 0.2) is 0 Å². The molecule has 4 heteroatoms. The summed E-state index contributed by atoms with van der Waals surface area (Å²) >= 11 is 1.88. The first-order chi connectivity index (χ1) is 11.8. The van der Waals surface area contributed by atoms with E-state index in [-0.39, 0.29) is 11.3 Å². The van der Waals surface area contributed by atoms with Crippen LogP contribution in [0.4, 0.5) is 0 Å².